The minimum Gasteiger partial charge on any atom is -0.396 e. The van der Waals surface area contributed by atoms with Crippen molar-refractivity contribution in [3.05, 3.63) is 12.4 Å². The summed E-state index contributed by atoms with van der Waals surface area (Å²) >= 11 is 0. The Morgan fingerprint density at radius 2 is 2.21 bits per heavy atom. The summed E-state index contributed by atoms with van der Waals surface area (Å²) < 4.78 is 7.41. The maximum Gasteiger partial charge on any atom is 0.0719 e. The van der Waals surface area contributed by atoms with E-state index >= 15 is 0 Å². The molecule has 80 valence electrons. The van der Waals surface area contributed by atoms with Crippen LogP contribution in [0.25, 0.3) is 0 Å². The summed E-state index contributed by atoms with van der Waals surface area (Å²) in [6, 6.07) is 0. The summed E-state index contributed by atoms with van der Waals surface area (Å²) in [6.45, 7) is 7.82. The molecule has 1 unspecified atom stereocenters. The number of nitrogens with zero attached hydrogens (tertiary/aromatic N) is 2. The summed E-state index contributed by atoms with van der Waals surface area (Å²) in [5.41, 5.74) is 6.23. The molecule has 4 heteroatoms. The molecule has 2 N–H and O–H groups in total. The second kappa shape index (κ2) is 5.00. The maximum atomic E-state index is 5.61. The summed E-state index contributed by atoms with van der Waals surface area (Å²) in [5, 5.41) is 4.07. The van der Waals surface area contributed by atoms with Crippen molar-refractivity contribution >= 4 is 5.69 Å². The molecule has 0 aliphatic rings. The molecular weight excluding hydrogens is 178 g/mol. The van der Waals surface area contributed by atoms with Crippen molar-refractivity contribution in [3.8, 4) is 0 Å². The highest BCUT2D eigenvalue weighted by molar-refractivity contribution is 5.30. The van der Waals surface area contributed by atoms with Gasteiger partial charge in [0.1, 0.15) is 0 Å². The molecule has 0 bridgehead atoms. The first-order valence-corrected chi connectivity index (χ1v) is 4.99. The van der Waals surface area contributed by atoms with E-state index < -0.39 is 0 Å². The molecule has 1 aromatic heterocycles. The van der Waals surface area contributed by atoms with Crippen LogP contribution < -0.4 is 5.73 Å². The Balaban J connectivity index is 2.22. The summed E-state index contributed by atoms with van der Waals surface area (Å²) in [7, 11) is 0. The summed E-state index contributed by atoms with van der Waals surface area (Å²) in [5.74, 6) is 0.553. The van der Waals surface area contributed by atoms with Crippen LogP contribution in [0.2, 0.25) is 0 Å². The van der Waals surface area contributed by atoms with Gasteiger partial charge in [-0.25, -0.2) is 0 Å². The molecular formula is C10H19N3O. The first-order chi connectivity index (χ1) is 6.59. The number of anilines is 1. The molecule has 1 atom stereocenters. The van der Waals surface area contributed by atoms with Crippen molar-refractivity contribution in [3.63, 3.8) is 0 Å². The smallest absolute Gasteiger partial charge is 0.0719 e. The van der Waals surface area contributed by atoms with Crippen LogP contribution in [0.3, 0.4) is 0 Å². The van der Waals surface area contributed by atoms with Gasteiger partial charge >= 0.3 is 0 Å². The van der Waals surface area contributed by atoms with Crippen LogP contribution in [0, 0.1) is 5.92 Å². The molecule has 1 aromatic rings. The Labute approximate surface area is 85.0 Å². The minimum absolute atomic E-state index is 0.294. The standard InChI is InChI=1S/C10H19N3O/c1-8(2)9(3)14-5-4-13-7-10(11)6-12-13/h6-9H,4-5,11H2,1-3H3. The quantitative estimate of drug-likeness (QED) is 0.778. The normalized spacial score (nSPS) is 13.4. The molecule has 0 amide bonds. The third-order valence-corrected chi connectivity index (χ3v) is 2.29. The second-order valence-electron chi connectivity index (χ2n) is 3.86. The number of aromatic nitrogens is 2. The number of rotatable bonds is 5. The monoisotopic (exact) mass is 197 g/mol. The molecule has 0 aromatic carbocycles. The van der Waals surface area contributed by atoms with Gasteiger partial charge in [0, 0.05) is 6.20 Å². The van der Waals surface area contributed by atoms with Gasteiger partial charge in [0.15, 0.2) is 0 Å². The van der Waals surface area contributed by atoms with E-state index in [-0.39, 0.29) is 0 Å². The molecule has 0 aliphatic heterocycles. The van der Waals surface area contributed by atoms with E-state index in [9.17, 15) is 0 Å². The van der Waals surface area contributed by atoms with Gasteiger partial charge in [-0.2, -0.15) is 5.10 Å². The highest BCUT2D eigenvalue weighted by atomic mass is 16.5. The zero-order valence-electron chi connectivity index (χ0n) is 9.10. The lowest BCUT2D eigenvalue weighted by atomic mass is 10.1. The van der Waals surface area contributed by atoms with Crippen molar-refractivity contribution in [1.82, 2.24) is 9.78 Å². The van der Waals surface area contributed by atoms with Crippen LogP contribution in [0.15, 0.2) is 12.4 Å². The van der Waals surface area contributed by atoms with Crippen molar-refractivity contribution in [2.75, 3.05) is 12.3 Å². The molecule has 0 saturated carbocycles. The number of ether oxygens (including phenoxy) is 1. The maximum absolute atomic E-state index is 5.61. The predicted molar refractivity (Wildman–Crippen MR) is 56.9 cm³/mol. The summed E-state index contributed by atoms with van der Waals surface area (Å²) in [6.07, 6.45) is 3.75. The average molecular weight is 197 g/mol. The highest BCUT2D eigenvalue weighted by Gasteiger charge is 2.06. The zero-order valence-corrected chi connectivity index (χ0v) is 9.10. The molecule has 0 saturated heterocycles. The highest BCUT2D eigenvalue weighted by Crippen LogP contribution is 2.05. The minimum atomic E-state index is 0.294. The van der Waals surface area contributed by atoms with E-state index in [4.69, 9.17) is 10.5 Å². The van der Waals surface area contributed by atoms with Crippen LogP contribution in [0.1, 0.15) is 20.8 Å². The van der Waals surface area contributed by atoms with Gasteiger partial charge in [-0.3, -0.25) is 4.68 Å². The SMILES string of the molecule is CC(C)C(C)OCCn1cc(N)cn1. The first-order valence-electron chi connectivity index (χ1n) is 4.99. The lowest BCUT2D eigenvalue weighted by Crippen LogP contribution is -2.18. The van der Waals surface area contributed by atoms with Crippen molar-refractivity contribution in [2.45, 2.75) is 33.4 Å². The van der Waals surface area contributed by atoms with E-state index in [1.54, 1.807) is 10.9 Å². The van der Waals surface area contributed by atoms with Gasteiger partial charge in [0.2, 0.25) is 0 Å². The van der Waals surface area contributed by atoms with Gasteiger partial charge < -0.3 is 10.5 Å². The Bertz CT molecular complexity index is 270. The third kappa shape index (κ3) is 3.38. The van der Waals surface area contributed by atoms with E-state index in [1.807, 2.05) is 6.20 Å². The fourth-order valence-corrected chi connectivity index (χ4v) is 1.03. The third-order valence-electron chi connectivity index (χ3n) is 2.29. The fraction of sp³-hybridized carbons (Fsp3) is 0.700. The van der Waals surface area contributed by atoms with Gasteiger partial charge in [-0.1, -0.05) is 13.8 Å². The van der Waals surface area contributed by atoms with Crippen molar-refractivity contribution in [2.24, 2.45) is 5.92 Å². The number of hydrogen-bond acceptors (Lipinski definition) is 3. The van der Waals surface area contributed by atoms with Gasteiger partial charge in [-0.05, 0) is 12.8 Å². The second-order valence-corrected chi connectivity index (χ2v) is 3.86. The van der Waals surface area contributed by atoms with E-state index in [2.05, 4.69) is 25.9 Å². The molecule has 4 nitrogen and oxygen atoms in total. The van der Waals surface area contributed by atoms with Crippen LogP contribution in [-0.4, -0.2) is 22.5 Å². The Hall–Kier alpha value is -1.03. The lowest BCUT2D eigenvalue weighted by molar-refractivity contribution is 0.0295. The number of nitrogen functional groups attached to an aromatic ring is 1. The fourth-order valence-electron chi connectivity index (χ4n) is 1.03. The van der Waals surface area contributed by atoms with Gasteiger partial charge in [-0.15, -0.1) is 0 Å². The number of nitrogens with two attached hydrogens (primary N) is 1. The Morgan fingerprint density at radius 3 is 2.71 bits per heavy atom. The Morgan fingerprint density at radius 1 is 1.50 bits per heavy atom. The zero-order chi connectivity index (χ0) is 10.6. The molecule has 0 fully saturated rings. The van der Waals surface area contributed by atoms with Crippen LogP contribution >= 0.6 is 0 Å². The van der Waals surface area contributed by atoms with Gasteiger partial charge in [0.05, 0.1) is 31.1 Å². The predicted octanol–water partition coefficient (Wildman–Crippen LogP) is 1.53. The molecule has 0 spiro atoms. The lowest BCUT2D eigenvalue weighted by Gasteiger charge is -2.16. The molecule has 0 aliphatic carbocycles. The van der Waals surface area contributed by atoms with Crippen molar-refractivity contribution < 1.29 is 4.74 Å². The van der Waals surface area contributed by atoms with E-state index in [0.29, 0.717) is 24.3 Å². The summed E-state index contributed by atoms with van der Waals surface area (Å²) in [4.78, 5) is 0. The Kier molecular flexibility index (Phi) is 3.95. The molecule has 14 heavy (non-hydrogen) atoms. The topological polar surface area (TPSA) is 53.1 Å². The molecule has 0 radical (unpaired) electrons. The van der Waals surface area contributed by atoms with E-state index in [1.165, 1.54) is 0 Å². The number of hydrogen-bond donors (Lipinski definition) is 1. The van der Waals surface area contributed by atoms with Crippen LogP contribution in [0.5, 0.6) is 0 Å². The average Bonchev–Trinajstić information content (AvgIpc) is 2.51. The first kappa shape index (κ1) is 11.0. The van der Waals surface area contributed by atoms with Crippen LogP contribution in [0.4, 0.5) is 5.69 Å². The van der Waals surface area contributed by atoms with E-state index in [0.717, 1.165) is 6.54 Å². The molecule has 1 heterocycles. The largest absolute Gasteiger partial charge is 0.396 e. The molecule has 1 rings (SSSR count). The van der Waals surface area contributed by atoms with Crippen molar-refractivity contribution in [1.29, 1.82) is 0 Å². The van der Waals surface area contributed by atoms with Crippen LogP contribution in [-0.2, 0) is 11.3 Å². The van der Waals surface area contributed by atoms with Gasteiger partial charge in [0.25, 0.3) is 0 Å².